The summed E-state index contributed by atoms with van der Waals surface area (Å²) in [7, 11) is 0. The van der Waals surface area contributed by atoms with Crippen molar-refractivity contribution in [1.82, 2.24) is 4.98 Å². The number of nitrogens with one attached hydrogen (secondary N) is 1. The van der Waals surface area contributed by atoms with E-state index in [0.717, 1.165) is 12.0 Å². The summed E-state index contributed by atoms with van der Waals surface area (Å²) in [6.07, 6.45) is 2.39. The van der Waals surface area contributed by atoms with Gasteiger partial charge in [0.25, 0.3) is 0 Å². The Morgan fingerprint density at radius 2 is 2.04 bits per heavy atom. The van der Waals surface area contributed by atoms with Crippen LogP contribution < -0.4 is 15.8 Å². The Morgan fingerprint density at radius 3 is 2.78 bits per heavy atom. The molecule has 3 rings (SSSR count). The third kappa shape index (κ3) is 3.94. The van der Waals surface area contributed by atoms with Gasteiger partial charge < -0.3 is 15.8 Å². The number of hydrogen-bond acceptors (Lipinski definition) is 3. The fourth-order valence-corrected chi connectivity index (χ4v) is 2.43. The average Bonchev–Trinajstić information content (AvgIpc) is 3.27. The van der Waals surface area contributed by atoms with Crippen molar-refractivity contribution in [2.24, 2.45) is 10.7 Å². The molecule has 3 N–H and O–H groups in total. The Kier molecular flexibility index (Phi) is 4.36. The minimum Gasteiger partial charge on any atom is -0.435 e. The van der Waals surface area contributed by atoms with Crippen LogP contribution in [-0.4, -0.2) is 23.6 Å². The number of ether oxygens (including phenoxy) is 1. The molecule has 23 heavy (non-hydrogen) atoms. The highest BCUT2D eigenvalue weighted by Crippen LogP contribution is 2.47. The third-order valence-corrected chi connectivity index (χ3v) is 3.52. The fourth-order valence-electron chi connectivity index (χ4n) is 2.43. The normalized spacial score (nSPS) is 20.4. The maximum atomic E-state index is 12.4. The highest BCUT2D eigenvalue weighted by Gasteiger charge is 2.40. The lowest BCUT2D eigenvalue weighted by atomic mass is 10.1. The summed E-state index contributed by atoms with van der Waals surface area (Å²) in [4.78, 5) is 8.46. The summed E-state index contributed by atoms with van der Waals surface area (Å²) < 4.78 is 29.5. The molecule has 7 heteroatoms. The number of nitrogens with zero attached hydrogens (tertiary/aromatic N) is 2. The van der Waals surface area contributed by atoms with Crippen LogP contribution in [0.15, 0.2) is 53.7 Å². The van der Waals surface area contributed by atoms with Crippen molar-refractivity contribution in [3.63, 3.8) is 0 Å². The number of para-hydroxylation sites is 1. The number of aromatic nitrogens is 1. The summed E-state index contributed by atoms with van der Waals surface area (Å²) in [5, 5.41) is 2.90. The van der Waals surface area contributed by atoms with Crippen molar-refractivity contribution in [2.45, 2.75) is 25.0 Å². The molecule has 2 atom stereocenters. The number of anilines is 1. The monoisotopic (exact) mass is 318 g/mol. The largest absolute Gasteiger partial charge is 0.435 e. The van der Waals surface area contributed by atoms with Gasteiger partial charge in [-0.25, -0.2) is 9.98 Å². The number of nitrogens with two attached hydrogens (primary N) is 1. The van der Waals surface area contributed by atoms with Gasteiger partial charge in [0, 0.05) is 12.1 Å². The molecule has 0 aliphatic heterocycles. The topological polar surface area (TPSA) is 72.5 Å². The third-order valence-electron chi connectivity index (χ3n) is 3.52. The van der Waals surface area contributed by atoms with Crippen molar-refractivity contribution in [1.29, 1.82) is 0 Å². The van der Waals surface area contributed by atoms with Crippen LogP contribution in [0.1, 0.15) is 17.9 Å². The van der Waals surface area contributed by atoms with Crippen LogP contribution in [0, 0.1) is 0 Å². The summed E-state index contributed by atoms with van der Waals surface area (Å²) in [6, 6.07) is 12.1. The fraction of sp³-hybridized carbons (Fsp3) is 0.250. The lowest BCUT2D eigenvalue weighted by molar-refractivity contribution is -0.0504. The van der Waals surface area contributed by atoms with E-state index in [4.69, 9.17) is 5.73 Å². The van der Waals surface area contributed by atoms with Gasteiger partial charge in [-0.05, 0) is 30.2 Å². The molecule has 5 nitrogen and oxygen atoms in total. The molecule has 2 aromatic rings. The van der Waals surface area contributed by atoms with Gasteiger partial charge in [0.1, 0.15) is 11.6 Å². The smallest absolute Gasteiger partial charge is 0.387 e. The van der Waals surface area contributed by atoms with Gasteiger partial charge in [-0.2, -0.15) is 8.78 Å². The zero-order valence-electron chi connectivity index (χ0n) is 12.2. The van der Waals surface area contributed by atoms with Crippen LogP contribution in [0.3, 0.4) is 0 Å². The van der Waals surface area contributed by atoms with E-state index in [1.165, 1.54) is 6.07 Å². The van der Waals surface area contributed by atoms with Gasteiger partial charge in [0.15, 0.2) is 5.96 Å². The zero-order valence-corrected chi connectivity index (χ0v) is 12.2. The van der Waals surface area contributed by atoms with Crippen molar-refractivity contribution < 1.29 is 13.5 Å². The van der Waals surface area contributed by atoms with Crippen molar-refractivity contribution >= 4 is 11.8 Å². The molecule has 0 amide bonds. The number of halogens is 2. The van der Waals surface area contributed by atoms with Gasteiger partial charge in [-0.1, -0.05) is 24.3 Å². The minimum atomic E-state index is -2.84. The SMILES string of the molecule is NC(=N[C@H]1C[C@@H]1c1ccccc1OC(F)F)Nc1ccccn1. The molecule has 0 unspecified atom stereocenters. The lowest BCUT2D eigenvalue weighted by Gasteiger charge is -2.09. The Bertz CT molecular complexity index is 693. The molecule has 0 radical (unpaired) electrons. The van der Waals surface area contributed by atoms with Crippen molar-refractivity contribution in [3.05, 3.63) is 54.2 Å². The molecule has 120 valence electrons. The molecular weight excluding hydrogens is 302 g/mol. The number of rotatable bonds is 5. The second-order valence-electron chi connectivity index (χ2n) is 5.18. The first-order chi connectivity index (χ1) is 11.1. The molecule has 0 spiro atoms. The van der Waals surface area contributed by atoms with Crippen LogP contribution in [-0.2, 0) is 0 Å². The van der Waals surface area contributed by atoms with E-state index >= 15 is 0 Å². The summed E-state index contributed by atoms with van der Waals surface area (Å²) in [5.74, 6) is 1.09. The van der Waals surface area contributed by atoms with Crippen LogP contribution in [0.25, 0.3) is 0 Å². The summed E-state index contributed by atoms with van der Waals surface area (Å²) in [6.45, 7) is -2.84. The van der Waals surface area contributed by atoms with Gasteiger partial charge >= 0.3 is 6.61 Å². The number of benzene rings is 1. The summed E-state index contributed by atoms with van der Waals surface area (Å²) >= 11 is 0. The van der Waals surface area contributed by atoms with Gasteiger partial charge in [0.2, 0.25) is 0 Å². The van der Waals surface area contributed by atoms with E-state index in [1.54, 1.807) is 36.5 Å². The van der Waals surface area contributed by atoms with Crippen LogP contribution in [0.5, 0.6) is 5.75 Å². The molecule has 1 aliphatic rings. The predicted molar refractivity (Wildman–Crippen MR) is 83.7 cm³/mol. The maximum Gasteiger partial charge on any atom is 0.387 e. The second-order valence-corrected chi connectivity index (χ2v) is 5.18. The highest BCUT2D eigenvalue weighted by atomic mass is 19.3. The molecule has 0 bridgehead atoms. The first-order valence-electron chi connectivity index (χ1n) is 7.18. The molecule has 1 heterocycles. The lowest BCUT2D eigenvalue weighted by Crippen LogP contribution is -2.23. The molecule has 1 aromatic heterocycles. The van der Waals surface area contributed by atoms with Crippen LogP contribution >= 0.6 is 0 Å². The first kappa shape index (κ1) is 15.2. The molecule has 1 aliphatic carbocycles. The van der Waals surface area contributed by atoms with E-state index in [1.807, 2.05) is 6.07 Å². The first-order valence-corrected chi connectivity index (χ1v) is 7.18. The molecule has 1 fully saturated rings. The average molecular weight is 318 g/mol. The standard InChI is InChI=1S/C16H16F2N4O/c17-15(18)23-13-6-2-1-5-10(13)11-9-12(11)21-16(19)22-14-7-3-4-8-20-14/h1-8,11-12,15H,9H2,(H3,19,20,21,22)/t11-,12+/m1/s1. The molecule has 0 saturated heterocycles. The number of guanidine groups is 1. The van der Waals surface area contributed by atoms with Crippen LogP contribution in [0.2, 0.25) is 0 Å². The summed E-state index contributed by atoms with van der Waals surface area (Å²) in [5.41, 5.74) is 6.58. The maximum absolute atomic E-state index is 12.4. The van der Waals surface area contributed by atoms with Gasteiger partial charge in [0.05, 0.1) is 6.04 Å². The number of aliphatic imine (C=N–C) groups is 1. The molecule has 1 aromatic carbocycles. The predicted octanol–water partition coefficient (Wildman–Crippen LogP) is 2.97. The Balaban J connectivity index is 1.66. The van der Waals surface area contributed by atoms with Gasteiger partial charge in [-0.15, -0.1) is 0 Å². The van der Waals surface area contributed by atoms with E-state index in [2.05, 4.69) is 20.0 Å². The zero-order chi connectivity index (χ0) is 16.2. The minimum absolute atomic E-state index is 0.0361. The number of pyridine rings is 1. The van der Waals surface area contributed by atoms with E-state index in [9.17, 15) is 8.78 Å². The van der Waals surface area contributed by atoms with Gasteiger partial charge in [-0.3, -0.25) is 0 Å². The van der Waals surface area contributed by atoms with E-state index in [-0.39, 0.29) is 23.7 Å². The molecular formula is C16H16F2N4O. The Hall–Kier alpha value is -2.70. The van der Waals surface area contributed by atoms with Crippen molar-refractivity contribution in [3.8, 4) is 5.75 Å². The van der Waals surface area contributed by atoms with E-state index in [0.29, 0.717) is 5.82 Å². The number of alkyl halides is 2. The Labute approximate surface area is 132 Å². The Morgan fingerprint density at radius 1 is 1.26 bits per heavy atom. The quantitative estimate of drug-likeness (QED) is 0.657. The number of hydrogen-bond donors (Lipinski definition) is 2. The van der Waals surface area contributed by atoms with Crippen molar-refractivity contribution in [2.75, 3.05) is 5.32 Å². The molecule has 1 saturated carbocycles. The second kappa shape index (κ2) is 6.60. The van der Waals surface area contributed by atoms with Crippen LogP contribution in [0.4, 0.5) is 14.6 Å². The van der Waals surface area contributed by atoms with E-state index < -0.39 is 6.61 Å². The highest BCUT2D eigenvalue weighted by molar-refractivity contribution is 5.91.